The minimum Gasteiger partial charge on any atom is -0.320 e. The number of benzene rings is 1. The van der Waals surface area contributed by atoms with Crippen LogP contribution in [0.5, 0.6) is 0 Å². The lowest BCUT2D eigenvalue weighted by atomic mass is 10.1. The molecule has 20 heavy (non-hydrogen) atoms. The Bertz CT molecular complexity index is 739. The first kappa shape index (κ1) is 13.8. The molecule has 1 unspecified atom stereocenters. The van der Waals surface area contributed by atoms with Crippen LogP contribution in [0.1, 0.15) is 24.4 Å². The molecule has 0 amide bonds. The minimum absolute atomic E-state index is 0.155. The number of fused-ring (bicyclic) bond motifs is 1. The molecule has 0 fully saturated rings. The third-order valence-electron chi connectivity index (χ3n) is 3.40. The number of alkyl halides is 1. The van der Waals surface area contributed by atoms with Gasteiger partial charge in [0.2, 0.25) is 0 Å². The van der Waals surface area contributed by atoms with Crippen LogP contribution in [0.15, 0.2) is 42.7 Å². The van der Waals surface area contributed by atoms with Gasteiger partial charge in [0.05, 0.1) is 23.0 Å². The number of hydrogen-bond donors (Lipinski definition) is 0. The highest BCUT2D eigenvalue weighted by atomic mass is 127. The van der Waals surface area contributed by atoms with Crippen LogP contribution in [0, 0.1) is 3.57 Å². The molecule has 0 aliphatic rings. The molecule has 2 aromatic heterocycles. The van der Waals surface area contributed by atoms with Gasteiger partial charge in [-0.15, -0.1) is 11.6 Å². The summed E-state index contributed by atoms with van der Waals surface area (Å²) in [5.74, 6) is 1.29. The number of imidazole rings is 1. The van der Waals surface area contributed by atoms with Gasteiger partial charge in [-0.2, -0.15) is 0 Å². The second-order valence-electron chi connectivity index (χ2n) is 4.63. The van der Waals surface area contributed by atoms with Crippen molar-refractivity contribution < 1.29 is 0 Å². The molecule has 3 rings (SSSR count). The number of hydrogen-bond acceptors (Lipinski definition) is 2. The Labute approximate surface area is 136 Å². The Hall–Kier alpha value is -1.14. The third-order valence-corrected chi connectivity index (χ3v) is 4.31. The molecule has 0 radical (unpaired) electrons. The zero-order chi connectivity index (χ0) is 14.1. The number of pyridine rings is 1. The fourth-order valence-electron chi connectivity index (χ4n) is 2.42. The fourth-order valence-corrected chi connectivity index (χ4v) is 3.08. The summed E-state index contributed by atoms with van der Waals surface area (Å²) in [4.78, 5) is 8.84. The maximum Gasteiger partial charge on any atom is 0.125 e. The molecule has 1 aromatic carbocycles. The summed E-state index contributed by atoms with van der Waals surface area (Å²) >= 11 is 8.37. The van der Waals surface area contributed by atoms with Gasteiger partial charge in [0.25, 0.3) is 0 Å². The number of halogens is 2. The highest BCUT2D eigenvalue weighted by Crippen LogP contribution is 2.27. The standard InChI is InChI=1S/C15H13ClIN3/c1-10(11-3-2-6-18-9-11)20-14-5-4-12(17)7-13(14)19-15(20)8-16/h2-7,9-10H,8H2,1H3. The highest BCUT2D eigenvalue weighted by molar-refractivity contribution is 14.1. The fraction of sp³-hybridized carbons (Fsp3) is 0.200. The summed E-state index contributed by atoms with van der Waals surface area (Å²) in [6.45, 7) is 2.14. The molecule has 0 spiro atoms. The van der Waals surface area contributed by atoms with Crippen molar-refractivity contribution in [2.45, 2.75) is 18.8 Å². The van der Waals surface area contributed by atoms with Gasteiger partial charge in [-0.25, -0.2) is 4.98 Å². The number of aromatic nitrogens is 3. The quantitative estimate of drug-likeness (QED) is 0.485. The van der Waals surface area contributed by atoms with Gasteiger partial charge in [0, 0.05) is 16.0 Å². The smallest absolute Gasteiger partial charge is 0.125 e. The van der Waals surface area contributed by atoms with Crippen LogP contribution in [0.4, 0.5) is 0 Å². The molecule has 3 nitrogen and oxygen atoms in total. The van der Waals surface area contributed by atoms with Crippen molar-refractivity contribution in [3.8, 4) is 0 Å². The zero-order valence-corrected chi connectivity index (χ0v) is 13.8. The van der Waals surface area contributed by atoms with Gasteiger partial charge in [0.1, 0.15) is 5.82 Å². The Morgan fingerprint density at radius 1 is 1.35 bits per heavy atom. The maximum absolute atomic E-state index is 6.07. The van der Waals surface area contributed by atoms with Crippen molar-refractivity contribution in [1.82, 2.24) is 14.5 Å². The van der Waals surface area contributed by atoms with E-state index in [4.69, 9.17) is 11.6 Å². The van der Waals surface area contributed by atoms with Crippen LogP contribution in [-0.4, -0.2) is 14.5 Å². The van der Waals surface area contributed by atoms with Crippen LogP contribution in [0.2, 0.25) is 0 Å². The molecule has 0 saturated heterocycles. The Morgan fingerprint density at radius 2 is 2.20 bits per heavy atom. The van der Waals surface area contributed by atoms with Crippen LogP contribution in [0.25, 0.3) is 11.0 Å². The maximum atomic E-state index is 6.07. The zero-order valence-electron chi connectivity index (χ0n) is 10.9. The third kappa shape index (κ3) is 2.42. The molecule has 1 atom stereocenters. The van der Waals surface area contributed by atoms with E-state index < -0.39 is 0 Å². The lowest BCUT2D eigenvalue weighted by molar-refractivity contribution is 0.631. The van der Waals surface area contributed by atoms with E-state index >= 15 is 0 Å². The highest BCUT2D eigenvalue weighted by Gasteiger charge is 2.16. The second kappa shape index (κ2) is 5.69. The molecule has 0 saturated carbocycles. The van der Waals surface area contributed by atoms with E-state index in [9.17, 15) is 0 Å². The lowest BCUT2D eigenvalue weighted by Gasteiger charge is -2.17. The second-order valence-corrected chi connectivity index (χ2v) is 6.14. The van der Waals surface area contributed by atoms with Crippen molar-refractivity contribution in [1.29, 1.82) is 0 Å². The van der Waals surface area contributed by atoms with E-state index in [-0.39, 0.29) is 6.04 Å². The van der Waals surface area contributed by atoms with Crippen molar-refractivity contribution in [3.63, 3.8) is 0 Å². The van der Waals surface area contributed by atoms with E-state index in [1.165, 1.54) is 3.57 Å². The Morgan fingerprint density at radius 3 is 2.90 bits per heavy atom. The predicted molar refractivity (Wildman–Crippen MR) is 90.1 cm³/mol. The number of rotatable bonds is 3. The largest absolute Gasteiger partial charge is 0.320 e. The monoisotopic (exact) mass is 397 g/mol. The molecule has 0 aliphatic carbocycles. The Kier molecular flexibility index (Phi) is 3.94. The molecule has 0 aliphatic heterocycles. The molecular weight excluding hydrogens is 385 g/mol. The minimum atomic E-state index is 0.155. The number of nitrogens with zero attached hydrogens (tertiary/aromatic N) is 3. The molecule has 3 aromatic rings. The van der Waals surface area contributed by atoms with Crippen LogP contribution in [-0.2, 0) is 5.88 Å². The van der Waals surface area contributed by atoms with Crippen molar-refractivity contribution in [2.24, 2.45) is 0 Å². The van der Waals surface area contributed by atoms with Crippen LogP contribution >= 0.6 is 34.2 Å². The van der Waals surface area contributed by atoms with Gasteiger partial charge in [-0.3, -0.25) is 4.98 Å². The molecule has 0 N–H and O–H groups in total. The molecule has 2 heterocycles. The van der Waals surface area contributed by atoms with Gasteiger partial charge in [0.15, 0.2) is 0 Å². The summed E-state index contributed by atoms with van der Waals surface area (Å²) in [7, 11) is 0. The topological polar surface area (TPSA) is 30.7 Å². The molecule has 0 bridgehead atoms. The summed E-state index contributed by atoms with van der Waals surface area (Å²) in [6.07, 6.45) is 3.67. The summed E-state index contributed by atoms with van der Waals surface area (Å²) < 4.78 is 3.37. The van der Waals surface area contributed by atoms with Gasteiger partial charge < -0.3 is 4.57 Å². The van der Waals surface area contributed by atoms with E-state index in [0.29, 0.717) is 5.88 Å². The SMILES string of the molecule is CC(c1cccnc1)n1c(CCl)nc2cc(I)ccc21. The van der Waals surface area contributed by atoms with E-state index in [1.54, 1.807) is 6.20 Å². The van der Waals surface area contributed by atoms with Gasteiger partial charge >= 0.3 is 0 Å². The normalized spacial score (nSPS) is 12.8. The lowest BCUT2D eigenvalue weighted by Crippen LogP contribution is -2.10. The van der Waals surface area contributed by atoms with E-state index in [1.807, 2.05) is 12.3 Å². The van der Waals surface area contributed by atoms with Crippen molar-refractivity contribution in [2.75, 3.05) is 0 Å². The summed E-state index contributed by atoms with van der Waals surface area (Å²) in [5.41, 5.74) is 3.25. The first-order valence-electron chi connectivity index (χ1n) is 6.33. The van der Waals surface area contributed by atoms with Gasteiger partial charge in [-0.1, -0.05) is 6.07 Å². The van der Waals surface area contributed by atoms with E-state index in [0.717, 1.165) is 22.4 Å². The molecule has 102 valence electrons. The van der Waals surface area contributed by atoms with Crippen LogP contribution < -0.4 is 0 Å². The first-order valence-corrected chi connectivity index (χ1v) is 7.94. The average Bonchev–Trinajstić information content (AvgIpc) is 2.84. The van der Waals surface area contributed by atoms with Crippen LogP contribution in [0.3, 0.4) is 0 Å². The average molecular weight is 398 g/mol. The summed E-state index contributed by atoms with van der Waals surface area (Å²) in [6, 6.07) is 10.5. The molecule has 5 heteroatoms. The Balaban J connectivity index is 2.19. The summed E-state index contributed by atoms with van der Waals surface area (Å²) in [5, 5.41) is 0. The molecular formula is C15H13ClIN3. The van der Waals surface area contributed by atoms with Gasteiger partial charge in [-0.05, 0) is 59.3 Å². The van der Waals surface area contributed by atoms with E-state index in [2.05, 4.69) is 68.3 Å². The first-order chi connectivity index (χ1) is 9.70. The van der Waals surface area contributed by atoms with Crippen molar-refractivity contribution in [3.05, 3.63) is 57.7 Å². The predicted octanol–water partition coefficient (Wildman–Crippen LogP) is 4.38. The van der Waals surface area contributed by atoms with Crippen molar-refractivity contribution >= 4 is 45.2 Å².